The third-order valence-electron chi connectivity index (χ3n) is 5.07. The van der Waals surface area contributed by atoms with Gasteiger partial charge in [-0.05, 0) is 49.2 Å². The molecule has 1 saturated heterocycles. The maximum Gasteiger partial charge on any atom is 0.324 e. The van der Waals surface area contributed by atoms with E-state index in [-0.39, 0.29) is 23.6 Å². The average molecular weight is 437 g/mol. The Hall–Kier alpha value is -2.65. The molecule has 162 valence electrons. The highest BCUT2D eigenvalue weighted by molar-refractivity contribution is 7.89. The van der Waals surface area contributed by atoms with Crippen LogP contribution in [0, 0.1) is 19.7 Å². The van der Waals surface area contributed by atoms with Gasteiger partial charge in [0.05, 0.1) is 25.7 Å². The Kier molecular flexibility index (Phi) is 6.33. The van der Waals surface area contributed by atoms with Gasteiger partial charge in [-0.1, -0.05) is 12.1 Å². The summed E-state index contributed by atoms with van der Waals surface area (Å²) in [7, 11) is -1.34. The van der Waals surface area contributed by atoms with Crippen LogP contribution in [0.5, 0.6) is 11.5 Å². The Bertz CT molecular complexity index is 1030. The second kappa shape index (κ2) is 8.61. The van der Waals surface area contributed by atoms with Gasteiger partial charge in [-0.2, -0.15) is 4.31 Å². The monoisotopic (exact) mass is 437 g/mol. The number of carbonyl (C=O) groups is 1. The summed E-state index contributed by atoms with van der Waals surface area (Å²) in [4.78, 5) is 12.4. The van der Waals surface area contributed by atoms with E-state index in [1.54, 1.807) is 19.9 Å². The zero-order valence-corrected chi connectivity index (χ0v) is 18.0. The quantitative estimate of drug-likeness (QED) is 0.647. The minimum atomic E-state index is -4.05. The summed E-state index contributed by atoms with van der Waals surface area (Å²) in [6, 6.07) is 7.78. The van der Waals surface area contributed by atoms with Crippen molar-refractivity contribution in [2.45, 2.75) is 37.3 Å². The number of sulfonamides is 1. The van der Waals surface area contributed by atoms with Crippen molar-refractivity contribution >= 4 is 16.0 Å². The van der Waals surface area contributed by atoms with Gasteiger partial charge in [0, 0.05) is 6.42 Å². The van der Waals surface area contributed by atoms with E-state index in [1.807, 2.05) is 0 Å². The summed E-state index contributed by atoms with van der Waals surface area (Å²) < 4.78 is 57.6. The number of rotatable bonds is 6. The molecule has 1 heterocycles. The SMILES string of the molecule is COC(=O)C1CC(Oc2ccccc2F)CN1S(=O)(=O)c1cc(C)c(OC)c(C)c1. The van der Waals surface area contributed by atoms with Gasteiger partial charge in [-0.3, -0.25) is 4.79 Å². The molecular weight excluding hydrogens is 413 g/mol. The predicted octanol–water partition coefficient (Wildman–Crippen LogP) is 2.83. The van der Waals surface area contributed by atoms with Crippen molar-refractivity contribution in [1.29, 1.82) is 0 Å². The van der Waals surface area contributed by atoms with Crippen LogP contribution in [-0.4, -0.2) is 51.6 Å². The molecule has 0 bridgehead atoms. The van der Waals surface area contributed by atoms with Gasteiger partial charge in [0.25, 0.3) is 0 Å². The van der Waals surface area contributed by atoms with Crippen LogP contribution in [0.4, 0.5) is 4.39 Å². The molecule has 7 nitrogen and oxygen atoms in total. The molecule has 0 aromatic heterocycles. The molecule has 2 atom stereocenters. The van der Waals surface area contributed by atoms with Crippen molar-refractivity contribution < 1.29 is 31.8 Å². The van der Waals surface area contributed by atoms with Crippen molar-refractivity contribution in [3.05, 3.63) is 53.3 Å². The van der Waals surface area contributed by atoms with Crippen LogP contribution in [0.25, 0.3) is 0 Å². The van der Waals surface area contributed by atoms with Gasteiger partial charge >= 0.3 is 5.97 Å². The fourth-order valence-electron chi connectivity index (χ4n) is 3.71. The van der Waals surface area contributed by atoms with E-state index in [2.05, 4.69) is 0 Å². The Balaban J connectivity index is 1.95. The number of halogens is 1. The first-order valence-corrected chi connectivity index (χ1v) is 10.8. The number of aryl methyl sites for hydroxylation is 2. The molecule has 0 N–H and O–H groups in total. The fraction of sp³-hybridized carbons (Fsp3) is 0.381. The molecule has 0 amide bonds. The van der Waals surface area contributed by atoms with E-state index in [1.165, 1.54) is 44.6 Å². The molecule has 9 heteroatoms. The number of esters is 1. The van der Waals surface area contributed by atoms with E-state index >= 15 is 0 Å². The van der Waals surface area contributed by atoms with E-state index < -0.39 is 34.0 Å². The van der Waals surface area contributed by atoms with Gasteiger partial charge in [-0.15, -0.1) is 0 Å². The van der Waals surface area contributed by atoms with Gasteiger partial charge in [-0.25, -0.2) is 12.8 Å². The average Bonchev–Trinajstić information content (AvgIpc) is 3.13. The summed E-state index contributed by atoms with van der Waals surface area (Å²) in [6.45, 7) is 3.38. The van der Waals surface area contributed by atoms with E-state index in [4.69, 9.17) is 14.2 Å². The Labute approximate surface area is 175 Å². The molecule has 2 unspecified atom stereocenters. The van der Waals surface area contributed by atoms with Crippen LogP contribution < -0.4 is 9.47 Å². The highest BCUT2D eigenvalue weighted by Gasteiger charge is 2.46. The van der Waals surface area contributed by atoms with Crippen molar-refractivity contribution in [3.8, 4) is 11.5 Å². The van der Waals surface area contributed by atoms with Crippen molar-refractivity contribution in [2.24, 2.45) is 0 Å². The van der Waals surface area contributed by atoms with Crippen LogP contribution in [0.1, 0.15) is 17.5 Å². The maximum atomic E-state index is 14.0. The van der Waals surface area contributed by atoms with Gasteiger partial charge in [0.1, 0.15) is 17.9 Å². The van der Waals surface area contributed by atoms with E-state index in [0.29, 0.717) is 16.9 Å². The molecular formula is C21H24FNO6S. The Morgan fingerprint density at radius 2 is 1.77 bits per heavy atom. The lowest BCUT2D eigenvalue weighted by atomic mass is 10.1. The lowest BCUT2D eigenvalue weighted by Crippen LogP contribution is -2.41. The molecule has 0 saturated carbocycles. The smallest absolute Gasteiger partial charge is 0.324 e. The first-order valence-electron chi connectivity index (χ1n) is 9.35. The van der Waals surface area contributed by atoms with Crippen molar-refractivity contribution in [2.75, 3.05) is 20.8 Å². The summed E-state index contributed by atoms with van der Waals surface area (Å²) in [5.41, 5.74) is 1.31. The number of hydrogen-bond donors (Lipinski definition) is 0. The fourth-order valence-corrected chi connectivity index (χ4v) is 5.50. The van der Waals surface area contributed by atoms with Crippen LogP contribution in [0.15, 0.2) is 41.3 Å². The molecule has 1 aliphatic heterocycles. The summed E-state index contributed by atoms with van der Waals surface area (Å²) in [5.74, 6) is -0.655. The number of benzene rings is 2. The highest BCUT2D eigenvalue weighted by atomic mass is 32.2. The van der Waals surface area contributed by atoms with Gasteiger partial charge < -0.3 is 14.2 Å². The van der Waals surface area contributed by atoms with Crippen molar-refractivity contribution in [1.82, 2.24) is 4.31 Å². The normalized spacial score (nSPS) is 19.5. The van der Waals surface area contributed by atoms with Crippen LogP contribution in [-0.2, 0) is 19.6 Å². The molecule has 0 radical (unpaired) electrons. The number of nitrogens with zero attached hydrogens (tertiary/aromatic N) is 1. The second-order valence-corrected chi connectivity index (χ2v) is 9.00. The lowest BCUT2D eigenvalue weighted by molar-refractivity contribution is -0.144. The highest BCUT2D eigenvalue weighted by Crippen LogP contribution is 2.33. The van der Waals surface area contributed by atoms with Gasteiger partial charge in [0.2, 0.25) is 10.0 Å². The van der Waals surface area contributed by atoms with Crippen LogP contribution >= 0.6 is 0 Å². The third kappa shape index (κ3) is 4.13. The van der Waals surface area contributed by atoms with Crippen molar-refractivity contribution in [3.63, 3.8) is 0 Å². The number of para-hydroxylation sites is 1. The Morgan fingerprint density at radius 1 is 1.13 bits per heavy atom. The molecule has 3 rings (SSSR count). The first-order chi connectivity index (χ1) is 14.2. The minimum Gasteiger partial charge on any atom is -0.496 e. The van der Waals surface area contributed by atoms with Gasteiger partial charge in [0.15, 0.2) is 11.6 Å². The van der Waals surface area contributed by atoms with E-state index in [9.17, 15) is 17.6 Å². The summed E-state index contributed by atoms with van der Waals surface area (Å²) in [5, 5.41) is 0. The molecule has 2 aromatic carbocycles. The van der Waals surface area contributed by atoms with Crippen LogP contribution in [0.2, 0.25) is 0 Å². The number of carbonyl (C=O) groups excluding carboxylic acids is 1. The molecule has 0 spiro atoms. The van der Waals surface area contributed by atoms with Crippen LogP contribution in [0.3, 0.4) is 0 Å². The minimum absolute atomic E-state index is 0.00139. The number of methoxy groups -OCH3 is 2. The zero-order chi connectivity index (χ0) is 22.1. The first kappa shape index (κ1) is 22.0. The summed E-state index contributed by atoms with van der Waals surface area (Å²) in [6.07, 6.45) is -0.657. The topological polar surface area (TPSA) is 82.1 Å². The third-order valence-corrected chi connectivity index (χ3v) is 6.92. The molecule has 1 aliphatic rings. The zero-order valence-electron chi connectivity index (χ0n) is 17.2. The molecule has 30 heavy (non-hydrogen) atoms. The molecule has 2 aromatic rings. The number of hydrogen-bond acceptors (Lipinski definition) is 6. The predicted molar refractivity (Wildman–Crippen MR) is 108 cm³/mol. The molecule has 1 fully saturated rings. The lowest BCUT2D eigenvalue weighted by Gasteiger charge is -2.22. The standard InChI is InChI=1S/C21H24FNO6S/c1-13-9-16(10-14(2)20(13)27-3)30(25,26)23-12-15(11-18(23)21(24)28-4)29-19-8-6-5-7-17(19)22/h5-10,15,18H,11-12H2,1-4H3. The van der Waals surface area contributed by atoms with E-state index in [0.717, 1.165) is 4.31 Å². The summed E-state index contributed by atoms with van der Waals surface area (Å²) >= 11 is 0. The Morgan fingerprint density at radius 3 is 2.33 bits per heavy atom. The largest absolute Gasteiger partial charge is 0.496 e. The number of ether oxygens (including phenoxy) is 3. The molecule has 0 aliphatic carbocycles. The maximum absolute atomic E-state index is 14.0. The second-order valence-electron chi connectivity index (χ2n) is 7.11.